The Bertz CT molecular complexity index is 312. The third-order valence-corrected chi connectivity index (χ3v) is 3.45. The number of nitrogens with one attached hydrogen (secondary N) is 1. The third kappa shape index (κ3) is 3.65. The molecule has 1 fully saturated rings. The summed E-state index contributed by atoms with van der Waals surface area (Å²) in [5.41, 5.74) is 2.63. The van der Waals surface area contributed by atoms with Gasteiger partial charge in [-0.25, -0.2) is 0 Å². The largest absolute Gasteiger partial charge is 0.385 e. The van der Waals surface area contributed by atoms with Gasteiger partial charge in [0.25, 0.3) is 0 Å². The van der Waals surface area contributed by atoms with Gasteiger partial charge in [-0.2, -0.15) is 0 Å². The second-order valence-electron chi connectivity index (χ2n) is 4.87. The molecule has 0 atom stereocenters. The Balaban J connectivity index is 1.80. The zero-order chi connectivity index (χ0) is 11.9. The summed E-state index contributed by atoms with van der Waals surface area (Å²) in [5, 5.41) is 3.48. The molecule has 0 bridgehead atoms. The highest BCUT2D eigenvalue weighted by Crippen LogP contribution is 2.21. The van der Waals surface area contributed by atoms with Crippen LogP contribution in [0.25, 0.3) is 0 Å². The molecule has 0 amide bonds. The van der Waals surface area contributed by atoms with Gasteiger partial charge in [-0.1, -0.05) is 19.8 Å². The van der Waals surface area contributed by atoms with E-state index in [-0.39, 0.29) is 0 Å². The maximum absolute atomic E-state index is 3.48. The number of anilines is 2. The van der Waals surface area contributed by atoms with Gasteiger partial charge in [-0.3, -0.25) is 0 Å². The number of benzene rings is 1. The van der Waals surface area contributed by atoms with Crippen LogP contribution < -0.4 is 10.2 Å². The number of hydrogen-bond donors (Lipinski definition) is 1. The van der Waals surface area contributed by atoms with Crippen LogP contribution in [-0.4, -0.2) is 19.6 Å². The predicted octanol–water partition coefficient (Wildman–Crippen LogP) is 3.89. The molecule has 94 valence electrons. The maximum Gasteiger partial charge on any atom is 0.0367 e. The Morgan fingerprint density at radius 1 is 1.06 bits per heavy atom. The number of hydrogen-bond acceptors (Lipinski definition) is 2. The molecule has 2 nitrogen and oxygen atoms in total. The van der Waals surface area contributed by atoms with Crippen LogP contribution in [0.4, 0.5) is 11.4 Å². The summed E-state index contributed by atoms with van der Waals surface area (Å²) in [6, 6.07) is 8.90. The average Bonchev–Trinajstić information content (AvgIpc) is 2.89. The summed E-state index contributed by atoms with van der Waals surface area (Å²) < 4.78 is 0. The van der Waals surface area contributed by atoms with Crippen LogP contribution in [0.5, 0.6) is 0 Å². The minimum Gasteiger partial charge on any atom is -0.385 e. The highest BCUT2D eigenvalue weighted by atomic mass is 15.1. The fraction of sp³-hybridized carbons (Fsp3) is 0.600. The van der Waals surface area contributed by atoms with Crippen LogP contribution in [0, 0.1) is 0 Å². The van der Waals surface area contributed by atoms with Crippen molar-refractivity contribution in [3.63, 3.8) is 0 Å². The lowest BCUT2D eigenvalue weighted by atomic mass is 10.2. The average molecular weight is 232 g/mol. The van der Waals surface area contributed by atoms with E-state index in [4.69, 9.17) is 0 Å². The van der Waals surface area contributed by atoms with Crippen molar-refractivity contribution in [2.75, 3.05) is 29.9 Å². The SMILES string of the molecule is CCCCCNc1ccc(N2CCCC2)cc1. The first-order valence-electron chi connectivity index (χ1n) is 6.99. The van der Waals surface area contributed by atoms with E-state index in [1.807, 2.05) is 0 Å². The number of unbranched alkanes of at least 4 members (excludes halogenated alkanes) is 2. The lowest BCUT2D eigenvalue weighted by Gasteiger charge is -2.18. The maximum atomic E-state index is 3.48. The molecular formula is C15H24N2. The zero-order valence-electron chi connectivity index (χ0n) is 10.9. The molecular weight excluding hydrogens is 208 g/mol. The Morgan fingerprint density at radius 3 is 2.41 bits per heavy atom. The topological polar surface area (TPSA) is 15.3 Å². The van der Waals surface area contributed by atoms with E-state index in [2.05, 4.69) is 41.4 Å². The van der Waals surface area contributed by atoms with E-state index in [0.29, 0.717) is 0 Å². The molecule has 0 aromatic heterocycles. The summed E-state index contributed by atoms with van der Waals surface area (Å²) in [6.45, 7) is 5.79. The molecule has 1 N–H and O–H groups in total. The van der Waals surface area contributed by atoms with E-state index >= 15 is 0 Å². The molecule has 0 spiro atoms. The van der Waals surface area contributed by atoms with E-state index in [1.54, 1.807) is 0 Å². The standard InChI is InChI=1S/C15H24N2/c1-2-3-4-11-16-14-7-9-15(10-8-14)17-12-5-6-13-17/h7-10,16H,2-6,11-13H2,1H3. The van der Waals surface area contributed by atoms with Crippen molar-refractivity contribution in [1.29, 1.82) is 0 Å². The first kappa shape index (κ1) is 12.3. The van der Waals surface area contributed by atoms with Crippen molar-refractivity contribution >= 4 is 11.4 Å². The summed E-state index contributed by atoms with van der Waals surface area (Å²) in [7, 11) is 0. The Labute approximate surface area is 105 Å². The smallest absolute Gasteiger partial charge is 0.0367 e. The molecule has 1 heterocycles. The van der Waals surface area contributed by atoms with Crippen molar-refractivity contribution in [1.82, 2.24) is 0 Å². The summed E-state index contributed by atoms with van der Waals surface area (Å²) in [5.74, 6) is 0. The predicted molar refractivity (Wildman–Crippen MR) is 75.9 cm³/mol. The minimum atomic E-state index is 1.09. The molecule has 1 aromatic rings. The van der Waals surface area contributed by atoms with Gasteiger partial charge in [0.1, 0.15) is 0 Å². The molecule has 1 aromatic carbocycles. The van der Waals surface area contributed by atoms with Gasteiger partial charge < -0.3 is 10.2 Å². The number of rotatable bonds is 6. The molecule has 17 heavy (non-hydrogen) atoms. The summed E-state index contributed by atoms with van der Waals surface area (Å²) in [6.07, 6.45) is 6.56. The summed E-state index contributed by atoms with van der Waals surface area (Å²) >= 11 is 0. The Hall–Kier alpha value is -1.18. The van der Waals surface area contributed by atoms with Crippen molar-refractivity contribution in [2.45, 2.75) is 39.0 Å². The van der Waals surface area contributed by atoms with Gasteiger partial charge in [-0.15, -0.1) is 0 Å². The van der Waals surface area contributed by atoms with Crippen molar-refractivity contribution < 1.29 is 0 Å². The molecule has 1 aliphatic rings. The van der Waals surface area contributed by atoms with Crippen molar-refractivity contribution in [3.8, 4) is 0 Å². The van der Waals surface area contributed by atoms with E-state index in [0.717, 1.165) is 6.54 Å². The van der Waals surface area contributed by atoms with Crippen LogP contribution in [0.1, 0.15) is 39.0 Å². The quantitative estimate of drug-likeness (QED) is 0.749. The Kier molecular flexibility index (Phi) is 4.72. The molecule has 1 aliphatic heterocycles. The van der Waals surface area contributed by atoms with Crippen molar-refractivity contribution in [3.05, 3.63) is 24.3 Å². The monoisotopic (exact) mass is 232 g/mol. The summed E-state index contributed by atoms with van der Waals surface area (Å²) in [4.78, 5) is 2.47. The normalized spacial score (nSPS) is 15.2. The van der Waals surface area contributed by atoms with Crippen molar-refractivity contribution in [2.24, 2.45) is 0 Å². The second-order valence-corrected chi connectivity index (χ2v) is 4.87. The minimum absolute atomic E-state index is 1.09. The first-order chi connectivity index (χ1) is 8.40. The number of nitrogens with zero attached hydrogens (tertiary/aromatic N) is 1. The molecule has 0 aliphatic carbocycles. The van der Waals surface area contributed by atoms with E-state index in [1.165, 1.54) is 56.6 Å². The van der Waals surface area contributed by atoms with E-state index < -0.39 is 0 Å². The first-order valence-corrected chi connectivity index (χ1v) is 6.99. The van der Waals surface area contributed by atoms with Crippen LogP contribution in [0.15, 0.2) is 24.3 Å². The van der Waals surface area contributed by atoms with Gasteiger partial charge in [-0.05, 0) is 43.5 Å². The van der Waals surface area contributed by atoms with Gasteiger partial charge in [0.15, 0.2) is 0 Å². The molecule has 1 saturated heterocycles. The zero-order valence-corrected chi connectivity index (χ0v) is 10.9. The molecule has 2 heteroatoms. The second kappa shape index (κ2) is 6.53. The van der Waals surface area contributed by atoms with Gasteiger partial charge >= 0.3 is 0 Å². The highest BCUT2D eigenvalue weighted by Gasteiger charge is 2.11. The van der Waals surface area contributed by atoms with Crippen LogP contribution in [0.2, 0.25) is 0 Å². The molecule has 0 radical (unpaired) electrons. The van der Waals surface area contributed by atoms with Crippen LogP contribution in [0.3, 0.4) is 0 Å². The van der Waals surface area contributed by atoms with Crippen LogP contribution >= 0.6 is 0 Å². The lowest BCUT2D eigenvalue weighted by molar-refractivity contribution is 0.744. The Morgan fingerprint density at radius 2 is 1.76 bits per heavy atom. The third-order valence-electron chi connectivity index (χ3n) is 3.45. The van der Waals surface area contributed by atoms with Gasteiger partial charge in [0, 0.05) is 31.0 Å². The van der Waals surface area contributed by atoms with Gasteiger partial charge in [0.2, 0.25) is 0 Å². The molecule has 0 saturated carbocycles. The lowest BCUT2D eigenvalue weighted by Crippen LogP contribution is -2.17. The van der Waals surface area contributed by atoms with E-state index in [9.17, 15) is 0 Å². The highest BCUT2D eigenvalue weighted by molar-refractivity contribution is 5.55. The van der Waals surface area contributed by atoms with Gasteiger partial charge in [0.05, 0.1) is 0 Å². The van der Waals surface area contributed by atoms with Crippen LogP contribution in [-0.2, 0) is 0 Å². The molecule has 0 unspecified atom stereocenters. The fourth-order valence-electron chi connectivity index (χ4n) is 2.37. The molecule has 2 rings (SSSR count). The fourth-order valence-corrected chi connectivity index (χ4v) is 2.37.